The molecule has 2 aliphatic carbocycles. The number of rotatable bonds is 19. The van der Waals surface area contributed by atoms with Gasteiger partial charge in [0.05, 0.1) is 41.9 Å². The number of amides is 1. The summed E-state index contributed by atoms with van der Waals surface area (Å²) in [5, 5.41) is 6.81. The summed E-state index contributed by atoms with van der Waals surface area (Å²) >= 11 is 0. The van der Waals surface area contributed by atoms with Crippen molar-refractivity contribution in [2.75, 3.05) is 51.9 Å². The third-order valence-electron chi connectivity index (χ3n) is 12.4. The molecule has 1 aliphatic heterocycles. The van der Waals surface area contributed by atoms with Gasteiger partial charge in [-0.25, -0.2) is 18.6 Å². The van der Waals surface area contributed by atoms with Crippen LogP contribution in [0.3, 0.4) is 0 Å². The largest absolute Gasteiger partial charge is 0.444 e. The molecule has 17 heteroatoms. The average Bonchev–Trinajstić information content (AvgIpc) is 3.66. The molecular formula is C45H55F2N9O6. The number of likely N-dealkylation sites (tertiary alicyclic amines) is 1. The van der Waals surface area contributed by atoms with Crippen molar-refractivity contribution < 1.29 is 32.3 Å². The number of nitrogens with one attached hydrogen (secondary N) is 1. The number of imidazole rings is 1. The van der Waals surface area contributed by atoms with Crippen molar-refractivity contribution in [1.82, 2.24) is 38.7 Å². The number of pyridine rings is 1. The van der Waals surface area contributed by atoms with Gasteiger partial charge >= 0.3 is 5.69 Å². The third kappa shape index (κ3) is 10.1. The Morgan fingerprint density at radius 1 is 1.05 bits per heavy atom. The highest BCUT2D eigenvalue weighted by molar-refractivity contribution is 6.04. The van der Waals surface area contributed by atoms with E-state index in [1.54, 1.807) is 33.1 Å². The van der Waals surface area contributed by atoms with E-state index in [0.29, 0.717) is 31.6 Å². The molecule has 0 radical (unpaired) electrons. The van der Waals surface area contributed by atoms with E-state index >= 15 is 0 Å². The second-order valence-electron chi connectivity index (χ2n) is 17.1. The number of aryl methyl sites for hydroxylation is 3. The first-order chi connectivity index (χ1) is 30.0. The maximum Gasteiger partial charge on any atom is 0.329 e. The molecular weight excluding hydrogens is 801 g/mol. The van der Waals surface area contributed by atoms with Gasteiger partial charge in [-0.2, -0.15) is 5.10 Å². The lowest BCUT2D eigenvalue weighted by molar-refractivity contribution is -0.132. The fourth-order valence-electron chi connectivity index (χ4n) is 8.85. The number of Topliss-reactive ketones (excluding diaryl/α,β-unsaturated/α-hetero) is 2. The number of ether oxygens (including phenoxy) is 1. The Bertz CT molecular complexity index is 2440. The number of nitrogens with zero attached hydrogens (tertiary/aromatic N) is 8. The van der Waals surface area contributed by atoms with Crippen molar-refractivity contribution in [3.63, 3.8) is 0 Å². The van der Waals surface area contributed by atoms with E-state index in [1.807, 2.05) is 24.3 Å². The smallest absolute Gasteiger partial charge is 0.329 e. The molecule has 2 saturated carbocycles. The molecule has 330 valence electrons. The first-order valence-corrected chi connectivity index (χ1v) is 21.8. The van der Waals surface area contributed by atoms with Crippen molar-refractivity contribution in [2.24, 2.45) is 13.0 Å². The number of hydrogen-bond acceptors (Lipinski definition) is 11. The summed E-state index contributed by atoms with van der Waals surface area (Å²) in [5.41, 5.74) is 3.42. The molecule has 62 heavy (non-hydrogen) atoms. The number of benzene rings is 1. The zero-order valence-corrected chi connectivity index (χ0v) is 35.4. The van der Waals surface area contributed by atoms with Crippen LogP contribution in [0.15, 0.2) is 58.2 Å². The molecule has 3 fully saturated rings. The fourth-order valence-corrected chi connectivity index (χ4v) is 8.85. The minimum atomic E-state index is -2.87. The van der Waals surface area contributed by atoms with Crippen LogP contribution >= 0.6 is 0 Å². The Hall–Kier alpha value is -5.39. The Labute approximate surface area is 358 Å². The number of fused-ring (bicyclic) bond motifs is 1. The van der Waals surface area contributed by atoms with Gasteiger partial charge in [0.2, 0.25) is 5.89 Å². The molecule has 1 atom stereocenters. The molecule has 1 saturated heterocycles. The molecule has 0 spiro atoms. The Balaban J connectivity index is 0.752. The molecule has 1 N–H and O–H groups in total. The SMILES string of the molecule is CN(CCCOCCCc1cccc2c1n(C)c(=O)n2[C@@H]1CCC(=O)CC1=O)CN1CCC(n2cc(NC(=O)c3coc(-c4ccnc(CCC5CC5)c4)n3)c(C(F)F)n2)CC1. The van der Waals surface area contributed by atoms with Crippen molar-refractivity contribution >= 4 is 34.2 Å². The molecule has 1 aromatic carbocycles. The van der Waals surface area contributed by atoms with Gasteiger partial charge in [-0.15, -0.1) is 0 Å². The van der Waals surface area contributed by atoms with E-state index in [2.05, 4.69) is 37.2 Å². The van der Waals surface area contributed by atoms with Crippen LogP contribution in [0.4, 0.5) is 14.5 Å². The minimum absolute atomic E-state index is 0.0172. The van der Waals surface area contributed by atoms with Crippen LogP contribution in [0.25, 0.3) is 22.5 Å². The van der Waals surface area contributed by atoms with E-state index in [9.17, 15) is 28.0 Å². The van der Waals surface area contributed by atoms with Crippen LogP contribution < -0.4 is 11.0 Å². The lowest BCUT2D eigenvalue weighted by atomic mass is 9.92. The number of hydrogen-bond donors (Lipinski definition) is 1. The van der Waals surface area contributed by atoms with Gasteiger partial charge < -0.3 is 14.5 Å². The minimum Gasteiger partial charge on any atom is -0.444 e. The summed E-state index contributed by atoms with van der Waals surface area (Å²) in [7, 11) is 3.80. The number of alkyl halides is 2. The van der Waals surface area contributed by atoms with Crippen LogP contribution in [0.5, 0.6) is 0 Å². The zero-order chi connectivity index (χ0) is 43.3. The first-order valence-electron chi connectivity index (χ1n) is 21.8. The summed E-state index contributed by atoms with van der Waals surface area (Å²) in [6.45, 7) is 4.34. The Morgan fingerprint density at radius 2 is 1.85 bits per heavy atom. The lowest BCUT2D eigenvalue weighted by Crippen LogP contribution is -2.41. The van der Waals surface area contributed by atoms with Crippen molar-refractivity contribution in [3.8, 4) is 11.5 Å². The normalized spacial score (nSPS) is 17.9. The van der Waals surface area contributed by atoms with Gasteiger partial charge in [-0.1, -0.05) is 25.0 Å². The van der Waals surface area contributed by atoms with Crippen LogP contribution in [-0.2, 0) is 34.2 Å². The van der Waals surface area contributed by atoms with Gasteiger partial charge in [0, 0.05) is 70.0 Å². The highest BCUT2D eigenvalue weighted by Crippen LogP contribution is 2.34. The molecule has 5 aromatic rings. The van der Waals surface area contributed by atoms with Gasteiger partial charge in [0.1, 0.15) is 12.0 Å². The number of carbonyl (C=O) groups is 3. The van der Waals surface area contributed by atoms with E-state index in [-0.39, 0.29) is 47.0 Å². The monoisotopic (exact) mass is 855 g/mol. The molecule has 4 aromatic heterocycles. The van der Waals surface area contributed by atoms with E-state index < -0.39 is 24.1 Å². The highest BCUT2D eigenvalue weighted by atomic mass is 19.3. The van der Waals surface area contributed by atoms with Crippen molar-refractivity contribution in [3.05, 3.63) is 82.1 Å². The number of ketones is 2. The summed E-state index contributed by atoms with van der Waals surface area (Å²) in [5.74, 6) is 0.121. The number of halogens is 2. The Kier molecular flexibility index (Phi) is 13.5. The van der Waals surface area contributed by atoms with E-state index in [0.717, 1.165) is 99.5 Å². The third-order valence-corrected chi connectivity index (χ3v) is 12.4. The number of para-hydroxylation sites is 1. The predicted molar refractivity (Wildman–Crippen MR) is 227 cm³/mol. The number of anilines is 1. The molecule has 0 unspecified atom stereocenters. The second kappa shape index (κ2) is 19.3. The van der Waals surface area contributed by atoms with Crippen LogP contribution in [0.1, 0.15) is 110 Å². The molecule has 15 nitrogen and oxygen atoms in total. The second-order valence-corrected chi connectivity index (χ2v) is 17.1. The highest BCUT2D eigenvalue weighted by Gasteiger charge is 2.32. The van der Waals surface area contributed by atoms with Crippen molar-refractivity contribution in [1.29, 1.82) is 0 Å². The summed E-state index contributed by atoms with van der Waals surface area (Å²) in [6.07, 6.45) is 10.4. The van der Waals surface area contributed by atoms with Gasteiger partial charge in [0.15, 0.2) is 17.2 Å². The van der Waals surface area contributed by atoms with E-state index in [1.165, 1.54) is 25.3 Å². The zero-order valence-electron chi connectivity index (χ0n) is 35.4. The molecule has 5 heterocycles. The van der Waals surface area contributed by atoms with Crippen LogP contribution in [0.2, 0.25) is 0 Å². The molecule has 3 aliphatic rings. The Morgan fingerprint density at radius 3 is 2.63 bits per heavy atom. The lowest BCUT2D eigenvalue weighted by Gasteiger charge is -2.34. The number of aromatic nitrogens is 6. The number of carbonyl (C=O) groups excluding carboxylic acids is 3. The topological polar surface area (TPSA) is 163 Å². The summed E-state index contributed by atoms with van der Waals surface area (Å²) < 4.78 is 44.6. The molecule has 1 amide bonds. The summed E-state index contributed by atoms with van der Waals surface area (Å²) in [4.78, 5) is 64.2. The molecule has 8 rings (SSSR count). The number of piperidine rings is 1. The number of oxazole rings is 1. The first kappa shape index (κ1) is 43.3. The van der Waals surface area contributed by atoms with Gasteiger partial charge in [-0.3, -0.25) is 43.0 Å². The predicted octanol–water partition coefficient (Wildman–Crippen LogP) is 6.55. The van der Waals surface area contributed by atoms with Crippen LogP contribution in [0, 0.1) is 5.92 Å². The van der Waals surface area contributed by atoms with Crippen molar-refractivity contribution in [2.45, 2.75) is 95.6 Å². The quantitative estimate of drug-likeness (QED) is 0.0709. The van der Waals surface area contributed by atoms with Crippen LogP contribution in [-0.4, -0.2) is 103 Å². The fraction of sp³-hybridized carbons (Fsp3) is 0.533. The average molecular weight is 856 g/mol. The maximum absolute atomic E-state index is 14.1. The van der Waals surface area contributed by atoms with E-state index in [4.69, 9.17) is 9.15 Å². The maximum atomic E-state index is 14.1. The van der Waals surface area contributed by atoms with Gasteiger partial charge in [0.25, 0.3) is 12.3 Å². The summed E-state index contributed by atoms with van der Waals surface area (Å²) in [6, 6.07) is 8.77. The standard InChI is InChI=1S/C45H55F2N9O6/c1-52(19-5-23-61-22-4-7-30-6-3-8-38-41(30)53(2)45(60)56(38)37-14-13-34(57)25-39(37)58)28-54-20-16-33(17-21-54)55-26-35(40(51-55)42(46)47)49-43(59)36-27-62-44(50-36)31-15-18-48-32(24-31)12-11-29-9-10-29/h3,6,8,15,18,24,26-27,29,33,37,42H,4-5,7,9-14,16-17,19-23,25,28H2,1-2H3,(H,49,59)/t37-/m1/s1. The molecule has 0 bridgehead atoms. The van der Waals surface area contributed by atoms with Gasteiger partial charge in [-0.05, 0) is 88.1 Å².